The number of hydrogen-bond acceptors (Lipinski definition) is 4. The Balaban J connectivity index is 2.37. The summed E-state index contributed by atoms with van der Waals surface area (Å²) in [4.78, 5) is 16.1. The van der Waals surface area contributed by atoms with Gasteiger partial charge in [0.25, 0.3) is 0 Å². The normalized spacial score (nSPS) is 17.2. The predicted molar refractivity (Wildman–Crippen MR) is 74.1 cm³/mol. The minimum Gasteiger partial charge on any atom is -0.464 e. The van der Waals surface area contributed by atoms with Crippen LogP contribution >= 0.6 is 0 Å². The maximum absolute atomic E-state index is 11.7. The Kier molecular flexibility index (Phi) is 4.45. The quantitative estimate of drug-likeness (QED) is 0.674. The van der Waals surface area contributed by atoms with E-state index in [2.05, 4.69) is 9.55 Å². The number of anilines is 1. The van der Waals surface area contributed by atoms with Crippen molar-refractivity contribution < 1.29 is 9.53 Å². The average molecular weight is 265 g/mol. The number of aryl methyl sites for hydroxylation is 1. The Morgan fingerprint density at radius 1 is 1.37 bits per heavy atom. The van der Waals surface area contributed by atoms with Crippen LogP contribution in [0.5, 0.6) is 0 Å². The van der Waals surface area contributed by atoms with Gasteiger partial charge in [0.1, 0.15) is 11.6 Å². The van der Waals surface area contributed by atoms with Crippen molar-refractivity contribution in [3.05, 3.63) is 11.5 Å². The van der Waals surface area contributed by atoms with Gasteiger partial charge in [0.2, 0.25) is 0 Å². The molecule has 2 rings (SSSR count). The number of methoxy groups -OCH3 is 1. The van der Waals surface area contributed by atoms with E-state index in [0.717, 1.165) is 25.1 Å². The molecule has 1 fully saturated rings. The molecule has 0 radical (unpaired) electrons. The van der Waals surface area contributed by atoms with Crippen molar-refractivity contribution >= 4 is 11.8 Å². The summed E-state index contributed by atoms with van der Waals surface area (Å²) in [5.74, 6) is 0.917. The molecule has 0 spiro atoms. The maximum atomic E-state index is 11.7. The van der Waals surface area contributed by atoms with Crippen LogP contribution in [-0.2, 0) is 11.2 Å². The fraction of sp³-hybridized carbons (Fsp3) is 0.714. The molecule has 0 bridgehead atoms. The third kappa shape index (κ3) is 2.74. The van der Waals surface area contributed by atoms with Gasteiger partial charge in [0.05, 0.1) is 7.11 Å². The van der Waals surface area contributed by atoms with Gasteiger partial charge in [-0.2, -0.15) is 0 Å². The summed E-state index contributed by atoms with van der Waals surface area (Å²) in [5.41, 5.74) is 6.40. The number of hydrogen-bond donors (Lipinski definition) is 1. The van der Waals surface area contributed by atoms with Crippen LogP contribution in [0.25, 0.3) is 0 Å². The van der Waals surface area contributed by atoms with Crippen molar-refractivity contribution in [1.29, 1.82) is 0 Å². The molecule has 0 unspecified atom stereocenters. The number of nitrogens with two attached hydrogens (primary N) is 1. The SMILES string of the molecule is CCc1nc(C(=O)OC)c(N)n1C1CCCCCC1. The minimum absolute atomic E-state index is 0.267. The highest BCUT2D eigenvalue weighted by Gasteiger charge is 2.25. The molecule has 0 atom stereocenters. The molecular formula is C14H23N3O2. The lowest BCUT2D eigenvalue weighted by molar-refractivity contribution is 0.0595. The third-order valence-corrected chi connectivity index (χ3v) is 3.91. The van der Waals surface area contributed by atoms with Gasteiger partial charge >= 0.3 is 5.97 Å². The van der Waals surface area contributed by atoms with E-state index in [9.17, 15) is 4.79 Å². The highest BCUT2D eigenvalue weighted by Crippen LogP contribution is 2.32. The highest BCUT2D eigenvalue weighted by atomic mass is 16.5. The number of carbonyl (C=O) groups is 1. The predicted octanol–water partition coefficient (Wildman–Crippen LogP) is 2.71. The molecule has 0 aromatic carbocycles. The van der Waals surface area contributed by atoms with E-state index in [1.807, 2.05) is 6.92 Å². The van der Waals surface area contributed by atoms with E-state index in [0.29, 0.717) is 11.9 Å². The topological polar surface area (TPSA) is 70.1 Å². The Morgan fingerprint density at radius 2 is 2.00 bits per heavy atom. The number of rotatable bonds is 3. The monoisotopic (exact) mass is 265 g/mol. The molecule has 1 saturated carbocycles. The van der Waals surface area contributed by atoms with Crippen LogP contribution in [0.15, 0.2) is 0 Å². The van der Waals surface area contributed by atoms with Crippen LogP contribution < -0.4 is 5.73 Å². The van der Waals surface area contributed by atoms with Crippen molar-refractivity contribution in [3.63, 3.8) is 0 Å². The summed E-state index contributed by atoms with van der Waals surface area (Å²) < 4.78 is 6.81. The fourth-order valence-electron chi connectivity index (χ4n) is 2.91. The molecule has 1 aliphatic carbocycles. The summed E-state index contributed by atoms with van der Waals surface area (Å²) in [5, 5.41) is 0. The molecule has 1 heterocycles. The van der Waals surface area contributed by atoms with Gasteiger partial charge in [0, 0.05) is 12.5 Å². The molecule has 2 N–H and O–H groups in total. The van der Waals surface area contributed by atoms with Gasteiger partial charge in [-0.05, 0) is 12.8 Å². The largest absolute Gasteiger partial charge is 0.464 e. The van der Waals surface area contributed by atoms with E-state index in [-0.39, 0.29) is 5.69 Å². The molecule has 1 aliphatic rings. The Morgan fingerprint density at radius 3 is 2.53 bits per heavy atom. The smallest absolute Gasteiger partial charge is 0.360 e. The van der Waals surface area contributed by atoms with Gasteiger partial charge in [-0.15, -0.1) is 0 Å². The van der Waals surface area contributed by atoms with E-state index >= 15 is 0 Å². The molecule has 5 nitrogen and oxygen atoms in total. The number of esters is 1. The van der Waals surface area contributed by atoms with Crippen LogP contribution in [0.3, 0.4) is 0 Å². The summed E-state index contributed by atoms with van der Waals surface area (Å²) in [6.45, 7) is 2.04. The number of nitrogen functional groups attached to an aromatic ring is 1. The van der Waals surface area contributed by atoms with Crippen LogP contribution in [0.1, 0.15) is 67.8 Å². The lowest BCUT2D eigenvalue weighted by Gasteiger charge is -2.20. The molecule has 19 heavy (non-hydrogen) atoms. The van der Waals surface area contributed by atoms with E-state index in [1.165, 1.54) is 32.8 Å². The van der Waals surface area contributed by atoms with E-state index in [1.54, 1.807) is 0 Å². The molecule has 1 aromatic heterocycles. The van der Waals surface area contributed by atoms with Crippen LogP contribution in [0.2, 0.25) is 0 Å². The lowest BCUT2D eigenvalue weighted by atomic mass is 10.1. The summed E-state index contributed by atoms with van der Waals surface area (Å²) in [6, 6.07) is 0.378. The first-order valence-corrected chi connectivity index (χ1v) is 7.13. The van der Waals surface area contributed by atoms with Gasteiger partial charge < -0.3 is 15.0 Å². The van der Waals surface area contributed by atoms with Crippen molar-refractivity contribution in [2.75, 3.05) is 12.8 Å². The van der Waals surface area contributed by atoms with E-state index < -0.39 is 5.97 Å². The highest BCUT2D eigenvalue weighted by molar-refractivity contribution is 5.92. The van der Waals surface area contributed by atoms with Gasteiger partial charge in [-0.25, -0.2) is 9.78 Å². The second-order valence-electron chi connectivity index (χ2n) is 5.12. The summed E-state index contributed by atoms with van der Waals surface area (Å²) >= 11 is 0. The van der Waals surface area contributed by atoms with Gasteiger partial charge in [0.15, 0.2) is 5.69 Å². The number of imidazole rings is 1. The standard InChI is InChI=1S/C14H23N3O2/c1-3-11-16-12(14(18)19-2)13(15)17(11)10-8-6-4-5-7-9-10/h10H,3-9,15H2,1-2H3. The molecule has 0 saturated heterocycles. The molecule has 106 valence electrons. The van der Waals surface area contributed by atoms with Gasteiger partial charge in [-0.3, -0.25) is 0 Å². The van der Waals surface area contributed by atoms with Crippen LogP contribution in [0.4, 0.5) is 5.82 Å². The van der Waals surface area contributed by atoms with Crippen molar-refractivity contribution in [2.45, 2.75) is 57.9 Å². The zero-order chi connectivity index (χ0) is 13.8. The van der Waals surface area contributed by atoms with Crippen molar-refractivity contribution in [1.82, 2.24) is 9.55 Å². The Bertz CT molecular complexity index is 446. The number of ether oxygens (including phenoxy) is 1. The van der Waals surface area contributed by atoms with Crippen molar-refractivity contribution in [2.24, 2.45) is 0 Å². The third-order valence-electron chi connectivity index (χ3n) is 3.91. The summed E-state index contributed by atoms with van der Waals surface area (Å²) in [7, 11) is 1.36. The maximum Gasteiger partial charge on any atom is 0.360 e. The Labute approximate surface area is 114 Å². The summed E-state index contributed by atoms with van der Waals surface area (Å²) in [6.07, 6.45) is 8.03. The molecule has 0 aliphatic heterocycles. The van der Waals surface area contributed by atoms with Gasteiger partial charge in [-0.1, -0.05) is 32.6 Å². The fourth-order valence-corrected chi connectivity index (χ4v) is 2.91. The van der Waals surface area contributed by atoms with Crippen LogP contribution in [0, 0.1) is 0 Å². The number of carbonyl (C=O) groups excluding carboxylic acids is 1. The first-order chi connectivity index (χ1) is 9.19. The average Bonchev–Trinajstić information content (AvgIpc) is 2.61. The second kappa shape index (κ2) is 6.08. The number of aromatic nitrogens is 2. The Hall–Kier alpha value is -1.52. The second-order valence-corrected chi connectivity index (χ2v) is 5.12. The minimum atomic E-state index is -0.445. The zero-order valence-electron chi connectivity index (χ0n) is 11.8. The van der Waals surface area contributed by atoms with Crippen LogP contribution in [-0.4, -0.2) is 22.6 Å². The molecular weight excluding hydrogens is 242 g/mol. The molecule has 1 aromatic rings. The first-order valence-electron chi connectivity index (χ1n) is 7.13. The lowest BCUT2D eigenvalue weighted by Crippen LogP contribution is -2.15. The zero-order valence-corrected chi connectivity index (χ0v) is 11.8. The number of nitrogens with zero attached hydrogens (tertiary/aromatic N) is 2. The van der Waals surface area contributed by atoms with E-state index in [4.69, 9.17) is 10.5 Å². The molecule has 5 heteroatoms. The van der Waals surface area contributed by atoms with Crippen molar-refractivity contribution in [3.8, 4) is 0 Å². The molecule has 0 amide bonds. The first kappa shape index (κ1) is 13.9.